The van der Waals surface area contributed by atoms with Gasteiger partial charge in [0.1, 0.15) is 28.8 Å². The number of hydrogen-bond donors (Lipinski definition) is 3. The number of hydrogen-bond acceptors (Lipinski definition) is 7. The Labute approximate surface area is 255 Å². The molecule has 3 N–H and O–H groups in total. The summed E-state index contributed by atoms with van der Waals surface area (Å²) in [4.78, 5) is 36.7. The van der Waals surface area contributed by atoms with Crippen molar-refractivity contribution in [2.75, 3.05) is 0 Å². The molecule has 214 valence electrons. The van der Waals surface area contributed by atoms with Crippen molar-refractivity contribution in [3.05, 3.63) is 124 Å². The van der Waals surface area contributed by atoms with Crippen LogP contribution in [0, 0.1) is 5.92 Å². The number of nitrogens with one attached hydrogen (secondary N) is 2. The molecule has 0 radical (unpaired) electrons. The summed E-state index contributed by atoms with van der Waals surface area (Å²) in [5.41, 5.74) is 3.76. The van der Waals surface area contributed by atoms with E-state index < -0.39 is 17.9 Å². The van der Waals surface area contributed by atoms with Crippen LogP contribution in [0.5, 0.6) is 0 Å². The molecule has 1 aliphatic carbocycles. The number of aliphatic hydroxyl groups is 1. The molecule has 43 heavy (non-hydrogen) atoms. The van der Waals surface area contributed by atoms with Crippen LogP contribution in [0.15, 0.2) is 96.0 Å². The maximum absolute atomic E-state index is 13.2. The maximum Gasteiger partial charge on any atom is 0.273 e. The molecule has 2 aliphatic rings. The number of rotatable bonds is 8. The molecule has 13 heteroatoms. The van der Waals surface area contributed by atoms with Crippen molar-refractivity contribution >= 4 is 52.4 Å². The lowest BCUT2D eigenvalue weighted by Gasteiger charge is -2.20. The Morgan fingerprint density at radius 2 is 2.00 bits per heavy atom. The fraction of sp³-hybridized carbons (Fsp3) is 0.100. The van der Waals surface area contributed by atoms with Crippen molar-refractivity contribution in [3.8, 4) is 5.69 Å². The smallest absolute Gasteiger partial charge is 0.273 e. The fourth-order valence-electron chi connectivity index (χ4n) is 4.79. The van der Waals surface area contributed by atoms with Gasteiger partial charge in [0.2, 0.25) is 5.91 Å². The van der Waals surface area contributed by atoms with E-state index >= 15 is 0 Å². The summed E-state index contributed by atoms with van der Waals surface area (Å²) in [5, 5.41) is 25.4. The first-order valence-corrected chi connectivity index (χ1v) is 13.8. The number of H-pyrrole nitrogens is 1. The van der Waals surface area contributed by atoms with Gasteiger partial charge in [0.25, 0.3) is 5.91 Å². The van der Waals surface area contributed by atoms with Gasteiger partial charge < -0.3 is 15.4 Å². The summed E-state index contributed by atoms with van der Waals surface area (Å²) >= 11 is 12.8. The van der Waals surface area contributed by atoms with Crippen LogP contribution >= 0.6 is 23.2 Å². The van der Waals surface area contributed by atoms with Gasteiger partial charge in [-0.25, -0.2) is 9.98 Å². The molecule has 4 aromatic rings. The van der Waals surface area contributed by atoms with Crippen molar-refractivity contribution in [3.63, 3.8) is 0 Å². The van der Waals surface area contributed by atoms with E-state index in [1.165, 1.54) is 17.1 Å². The Morgan fingerprint density at radius 3 is 2.79 bits per heavy atom. The summed E-state index contributed by atoms with van der Waals surface area (Å²) in [6, 6.07) is 14.3. The lowest BCUT2D eigenvalue weighted by Crippen LogP contribution is -2.29. The van der Waals surface area contributed by atoms with Gasteiger partial charge in [-0.15, -0.1) is 5.10 Å². The minimum absolute atomic E-state index is 0.104. The Kier molecular flexibility index (Phi) is 7.82. The van der Waals surface area contributed by atoms with Crippen LogP contribution < -0.4 is 5.32 Å². The molecule has 2 atom stereocenters. The van der Waals surface area contributed by atoms with Crippen molar-refractivity contribution in [1.29, 1.82) is 0 Å². The van der Waals surface area contributed by atoms with Gasteiger partial charge in [-0.3, -0.25) is 9.59 Å². The minimum atomic E-state index is -0.580. The second-order valence-electron chi connectivity index (χ2n) is 9.70. The number of aliphatic imine (C=N–C) groups is 1. The van der Waals surface area contributed by atoms with Crippen LogP contribution in [0.25, 0.3) is 17.3 Å². The average Bonchev–Trinajstić information content (AvgIpc) is 3.66. The zero-order chi connectivity index (χ0) is 29.9. The third kappa shape index (κ3) is 6.22. The van der Waals surface area contributed by atoms with Gasteiger partial charge in [-0.05, 0) is 52.8 Å². The molecular formula is C30H22Cl2N8O3. The van der Waals surface area contributed by atoms with Crippen LogP contribution in [0.2, 0.25) is 10.2 Å². The van der Waals surface area contributed by atoms with Gasteiger partial charge in [0, 0.05) is 28.3 Å². The first kappa shape index (κ1) is 28.0. The Bertz CT molecular complexity index is 1860. The second-order valence-corrected chi connectivity index (χ2v) is 10.5. The van der Waals surface area contributed by atoms with Crippen molar-refractivity contribution in [2.45, 2.75) is 12.5 Å². The summed E-state index contributed by atoms with van der Waals surface area (Å²) in [6.45, 7) is 0. The number of tetrazole rings is 1. The van der Waals surface area contributed by atoms with Gasteiger partial charge in [-0.2, -0.15) is 4.68 Å². The molecular weight excluding hydrogens is 591 g/mol. The molecule has 0 spiro atoms. The normalized spacial score (nSPS) is 16.8. The molecule has 1 aliphatic heterocycles. The van der Waals surface area contributed by atoms with E-state index in [4.69, 9.17) is 28.2 Å². The predicted molar refractivity (Wildman–Crippen MR) is 162 cm³/mol. The predicted octanol–water partition coefficient (Wildman–Crippen LogP) is 4.80. The summed E-state index contributed by atoms with van der Waals surface area (Å²) in [7, 11) is 0. The number of nitrogens with zero attached hydrogens (tertiary/aromatic N) is 6. The largest absolute Gasteiger partial charge is 0.511 e. The lowest BCUT2D eigenvalue weighted by atomic mass is 9.89. The third-order valence-corrected chi connectivity index (χ3v) is 7.32. The lowest BCUT2D eigenvalue weighted by molar-refractivity contribution is -0.117. The van der Waals surface area contributed by atoms with Gasteiger partial charge in [-0.1, -0.05) is 65.7 Å². The zero-order valence-corrected chi connectivity index (χ0v) is 23.7. The molecule has 0 bridgehead atoms. The molecule has 0 saturated heterocycles. The molecule has 0 saturated carbocycles. The summed E-state index contributed by atoms with van der Waals surface area (Å²) in [6.07, 6.45) is 11.1. The number of dihydropyridines is 1. The maximum atomic E-state index is 13.2. The number of fused-ring (bicyclic) bond motifs is 1. The van der Waals surface area contributed by atoms with E-state index in [9.17, 15) is 14.7 Å². The number of imidazole rings is 1. The monoisotopic (exact) mass is 612 g/mol. The Balaban J connectivity index is 1.28. The van der Waals surface area contributed by atoms with E-state index in [2.05, 4.69) is 30.8 Å². The Morgan fingerprint density at radius 1 is 1.16 bits per heavy atom. The highest BCUT2D eigenvalue weighted by Gasteiger charge is 2.28. The minimum Gasteiger partial charge on any atom is -0.511 e. The average molecular weight is 613 g/mol. The molecule has 2 aromatic heterocycles. The number of carbonyl (C=O) groups is 2. The van der Waals surface area contributed by atoms with Crippen molar-refractivity contribution in [2.24, 2.45) is 10.9 Å². The first-order valence-electron chi connectivity index (χ1n) is 13.1. The van der Waals surface area contributed by atoms with Gasteiger partial charge >= 0.3 is 0 Å². The number of benzene rings is 2. The third-order valence-electron chi connectivity index (χ3n) is 6.81. The highest BCUT2D eigenvalue weighted by atomic mass is 35.5. The standard InChI is InChI=1S/C30H22Cl2N8O3/c31-20-8-10-24(40-16-33-38-39-40)18(13-20)7-11-26(42)35-23(12-17-4-2-1-3-5-17)30-36-28(29(32)37-30)19-6-9-22-21(14-19)25(41)15-27(43)34-22/h1-11,13-16,21,23,41H,12H2,(H,35,42)(H,36,37)/b11-7+/t21?,23-/m0/s1. The number of amides is 2. The highest BCUT2D eigenvalue weighted by molar-refractivity contribution is 6.31. The van der Waals surface area contributed by atoms with Crippen LogP contribution in [0.4, 0.5) is 0 Å². The molecule has 0 fully saturated rings. The topological polar surface area (TPSA) is 151 Å². The molecule has 2 aromatic carbocycles. The van der Waals surface area contributed by atoms with E-state index in [1.807, 2.05) is 30.3 Å². The molecule has 1 unspecified atom stereocenters. The van der Waals surface area contributed by atoms with E-state index in [1.54, 1.807) is 42.5 Å². The van der Waals surface area contributed by atoms with E-state index in [-0.39, 0.29) is 16.8 Å². The second kappa shape index (κ2) is 12.0. The number of aromatic nitrogens is 6. The van der Waals surface area contributed by atoms with Gasteiger partial charge in [0.15, 0.2) is 0 Å². The first-order chi connectivity index (χ1) is 20.8. The zero-order valence-electron chi connectivity index (χ0n) is 22.2. The number of halogens is 2. The molecule has 3 heterocycles. The van der Waals surface area contributed by atoms with Crippen molar-refractivity contribution in [1.82, 2.24) is 35.5 Å². The summed E-state index contributed by atoms with van der Waals surface area (Å²) < 4.78 is 1.47. The van der Waals surface area contributed by atoms with E-state index in [0.29, 0.717) is 45.5 Å². The molecule has 2 amide bonds. The van der Waals surface area contributed by atoms with Crippen LogP contribution in [0.3, 0.4) is 0 Å². The number of aliphatic hydroxyl groups excluding tert-OH is 1. The fourth-order valence-corrected chi connectivity index (χ4v) is 5.22. The molecule has 6 rings (SSSR count). The highest BCUT2D eigenvalue weighted by Crippen LogP contribution is 2.32. The van der Waals surface area contributed by atoms with Crippen LogP contribution in [-0.4, -0.2) is 52.8 Å². The number of allylic oxidation sites excluding steroid dienone is 4. The molecule has 11 nitrogen and oxygen atoms in total. The van der Waals surface area contributed by atoms with Crippen LogP contribution in [0.1, 0.15) is 28.7 Å². The number of carbonyl (C=O) groups excluding carboxylic acids is 2. The van der Waals surface area contributed by atoms with Crippen molar-refractivity contribution < 1.29 is 14.7 Å². The SMILES string of the molecule is O=C1C=C(O)C2C=C(c3nc([C@H](Cc4ccccc4)NC(=O)/C=C/c4cc(Cl)ccc4-n4cnnn4)[nH]c3Cl)C=CC2=N1. The summed E-state index contributed by atoms with van der Waals surface area (Å²) in [5.74, 6) is -1.13. The quantitative estimate of drug-likeness (QED) is 0.242. The Hall–Kier alpha value is -5.13. The van der Waals surface area contributed by atoms with E-state index in [0.717, 1.165) is 11.6 Å². The van der Waals surface area contributed by atoms with Crippen LogP contribution in [-0.2, 0) is 16.0 Å². The van der Waals surface area contributed by atoms with Gasteiger partial charge in [0.05, 0.1) is 23.4 Å². The number of aromatic amines is 1.